The lowest BCUT2D eigenvalue weighted by Gasteiger charge is -2.49. The lowest BCUT2D eigenvalue weighted by Crippen LogP contribution is -2.50. The largest absolute Gasteiger partial charge is 0.459 e. The van der Waals surface area contributed by atoms with E-state index in [9.17, 15) is 9.59 Å². The van der Waals surface area contributed by atoms with E-state index in [2.05, 4.69) is 26.0 Å². The number of hydrogen-bond donors (Lipinski definition) is 0. The maximum atomic E-state index is 12.4. The van der Waals surface area contributed by atoms with Crippen molar-refractivity contribution in [1.29, 1.82) is 0 Å². The van der Waals surface area contributed by atoms with Crippen LogP contribution in [0.2, 0.25) is 0 Å². The van der Waals surface area contributed by atoms with Crippen molar-refractivity contribution in [2.24, 2.45) is 11.3 Å². The van der Waals surface area contributed by atoms with Gasteiger partial charge >= 0.3 is 5.97 Å². The fraction of sp³-hybridized carbons (Fsp3) is 0.636. The first kappa shape index (κ1) is 19.9. The van der Waals surface area contributed by atoms with Crippen LogP contribution in [0.1, 0.15) is 54.4 Å². The molecule has 3 aliphatic rings. The molecule has 1 aliphatic heterocycles. The smallest absolute Gasteiger partial charge is 0.305 e. The van der Waals surface area contributed by atoms with Crippen molar-refractivity contribution < 1.29 is 19.1 Å². The van der Waals surface area contributed by atoms with Crippen molar-refractivity contribution in [3.63, 3.8) is 0 Å². The summed E-state index contributed by atoms with van der Waals surface area (Å²) in [6, 6.07) is 0. The predicted octanol–water partition coefficient (Wildman–Crippen LogP) is 3.76. The van der Waals surface area contributed by atoms with Gasteiger partial charge in [-0.25, -0.2) is 0 Å². The molecule has 0 aromatic heterocycles. The van der Waals surface area contributed by atoms with Crippen LogP contribution in [0, 0.1) is 11.3 Å². The van der Waals surface area contributed by atoms with E-state index >= 15 is 0 Å². The molecule has 2 aliphatic carbocycles. The molecule has 148 valence electrons. The Labute approximate surface area is 162 Å². The number of carbonyl (C=O) groups is 2. The molecular weight excluding hydrogens is 342 g/mol. The molecule has 1 heterocycles. The van der Waals surface area contributed by atoms with E-state index in [4.69, 9.17) is 9.47 Å². The summed E-state index contributed by atoms with van der Waals surface area (Å²) in [5, 5.41) is 0. The van der Waals surface area contributed by atoms with Crippen LogP contribution in [-0.4, -0.2) is 42.1 Å². The maximum Gasteiger partial charge on any atom is 0.305 e. The Morgan fingerprint density at radius 3 is 2.67 bits per heavy atom. The summed E-state index contributed by atoms with van der Waals surface area (Å²) in [6.07, 6.45) is 4.74. The average Bonchev–Trinajstić information content (AvgIpc) is 2.81. The van der Waals surface area contributed by atoms with Crippen LogP contribution in [0.3, 0.4) is 0 Å². The molecule has 5 heteroatoms. The third-order valence-corrected chi connectivity index (χ3v) is 6.40. The van der Waals surface area contributed by atoms with Gasteiger partial charge in [0.25, 0.3) is 5.91 Å². The average molecular weight is 373 g/mol. The molecule has 0 saturated heterocycles. The number of esters is 1. The fourth-order valence-electron chi connectivity index (χ4n) is 4.49. The molecule has 0 bridgehead atoms. The minimum atomic E-state index is -0.334. The number of allylic oxidation sites excluding steroid dienone is 3. The van der Waals surface area contributed by atoms with Crippen LogP contribution in [-0.2, 0) is 19.1 Å². The van der Waals surface area contributed by atoms with Gasteiger partial charge in [-0.2, -0.15) is 0 Å². The zero-order valence-electron chi connectivity index (χ0n) is 17.5. The van der Waals surface area contributed by atoms with Gasteiger partial charge in [-0.3, -0.25) is 9.59 Å². The van der Waals surface area contributed by atoms with Crippen LogP contribution < -0.4 is 0 Å². The third kappa shape index (κ3) is 3.16. The van der Waals surface area contributed by atoms with E-state index in [0.29, 0.717) is 6.42 Å². The van der Waals surface area contributed by atoms with Crippen molar-refractivity contribution in [2.45, 2.75) is 72.7 Å². The summed E-state index contributed by atoms with van der Waals surface area (Å²) in [4.78, 5) is 26.2. The van der Waals surface area contributed by atoms with Gasteiger partial charge in [-0.15, -0.1) is 0 Å². The number of amides is 1. The molecule has 0 aromatic rings. The fourth-order valence-corrected chi connectivity index (χ4v) is 4.49. The van der Waals surface area contributed by atoms with Crippen LogP contribution in [0.4, 0.5) is 0 Å². The SMILES string of the molecule is CCC(=O)O[C@H]1[C@H](OC(C)C)C=C2C=C3C(=C(C)C(=O)N3C)C[C@]2(C)[C@H]1C. The highest BCUT2D eigenvalue weighted by Gasteiger charge is 2.51. The molecule has 3 rings (SSSR count). The van der Waals surface area contributed by atoms with Crippen molar-refractivity contribution in [1.82, 2.24) is 4.90 Å². The van der Waals surface area contributed by atoms with Crippen molar-refractivity contribution in [3.05, 3.63) is 34.6 Å². The number of carbonyl (C=O) groups excluding carboxylic acids is 2. The van der Waals surface area contributed by atoms with Crippen molar-refractivity contribution in [2.75, 3.05) is 7.05 Å². The Morgan fingerprint density at radius 2 is 2.07 bits per heavy atom. The van der Waals surface area contributed by atoms with Crippen LogP contribution in [0.5, 0.6) is 0 Å². The van der Waals surface area contributed by atoms with Gasteiger partial charge in [0.2, 0.25) is 0 Å². The Morgan fingerprint density at radius 1 is 1.41 bits per heavy atom. The molecule has 0 N–H and O–H groups in total. The molecule has 4 atom stereocenters. The van der Waals surface area contributed by atoms with E-state index in [0.717, 1.165) is 28.8 Å². The summed E-state index contributed by atoms with van der Waals surface area (Å²) in [6.45, 7) is 12.0. The van der Waals surface area contributed by atoms with E-state index < -0.39 is 0 Å². The normalized spacial score (nSPS) is 33.0. The first-order valence-electron chi connectivity index (χ1n) is 9.87. The summed E-state index contributed by atoms with van der Waals surface area (Å²) in [7, 11) is 1.83. The van der Waals surface area contributed by atoms with Gasteiger partial charge < -0.3 is 14.4 Å². The number of rotatable bonds is 4. The van der Waals surface area contributed by atoms with Gasteiger partial charge in [-0.1, -0.05) is 20.8 Å². The van der Waals surface area contributed by atoms with E-state index in [-0.39, 0.29) is 41.5 Å². The molecule has 0 fully saturated rings. The van der Waals surface area contributed by atoms with E-state index in [1.54, 1.807) is 11.8 Å². The van der Waals surface area contributed by atoms with E-state index in [1.807, 2.05) is 27.8 Å². The van der Waals surface area contributed by atoms with Crippen molar-refractivity contribution in [3.8, 4) is 0 Å². The molecule has 1 amide bonds. The second kappa shape index (κ2) is 6.93. The van der Waals surface area contributed by atoms with E-state index in [1.165, 1.54) is 0 Å². The summed E-state index contributed by atoms with van der Waals surface area (Å²) >= 11 is 0. The van der Waals surface area contributed by atoms with Gasteiger partial charge in [-0.05, 0) is 50.5 Å². The molecule has 5 nitrogen and oxygen atoms in total. The van der Waals surface area contributed by atoms with Crippen LogP contribution in [0.25, 0.3) is 0 Å². The summed E-state index contributed by atoms with van der Waals surface area (Å²) in [5.41, 5.74) is 3.87. The zero-order valence-corrected chi connectivity index (χ0v) is 17.5. The number of hydrogen-bond acceptors (Lipinski definition) is 4. The monoisotopic (exact) mass is 373 g/mol. The minimum Gasteiger partial charge on any atom is -0.459 e. The highest BCUT2D eigenvalue weighted by Crippen LogP contribution is 2.54. The van der Waals surface area contributed by atoms with Crippen LogP contribution >= 0.6 is 0 Å². The first-order chi connectivity index (χ1) is 12.6. The quantitative estimate of drug-likeness (QED) is 0.704. The standard InChI is InChI=1S/C22H31NO4/c1-8-19(24)27-20-14(5)22(6)11-16-13(4)21(25)23(7)17(16)9-15(22)10-18(20)26-12(2)3/h9-10,12,14,18,20H,8,11H2,1-7H3/t14-,18+,20+,22+/m0/s1. The molecule has 0 saturated carbocycles. The number of nitrogens with zero attached hydrogens (tertiary/aromatic N) is 1. The number of likely N-dealkylation sites (N-methyl/N-ethyl adjacent to an activating group) is 1. The summed E-state index contributed by atoms with van der Waals surface area (Å²) < 4.78 is 12.0. The number of fused-ring (bicyclic) bond motifs is 2. The maximum absolute atomic E-state index is 12.4. The second-order valence-electron chi connectivity index (χ2n) is 8.46. The highest BCUT2D eigenvalue weighted by molar-refractivity contribution is 6.00. The van der Waals surface area contributed by atoms with Gasteiger partial charge in [0.05, 0.1) is 6.10 Å². The molecule has 0 radical (unpaired) electrons. The lowest BCUT2D eigenvalue weighted by molar-refractivity contribution is -0.167. The van der Waals surface area contributed by atoms with Crippen molar-refractivity contribution >= 4 is 11.9 Å². The first-order valence-corrected chi connectivity index (χ1v) is 9.87. The molecule has 0 spiro atoms. The summed E-state index contributed by atoms with van der Waals surface area (Å²) in [5.74, 6) is -0.0746. The third-order valence-electron chi connectivity index (χ3n) is 6.40. The van der Waals surface area contributed by atoms with Gasteiger partial charge in [0.1, 0.15) is 12.2 Å². The number of ether oxygens (including phenoxy) is 2. The van der Waals surface area contributed by atoms with Gasteiger partial charge in [0, 0.05) is 36.1 Å². The highest BCUT2D eigenvalue weighted by atomic mass is 16.6. The molecule has 27 heavy (non-hydrogen) atoms. The Hall–Kier alpha value is -1.88. The molecular formula is C22H31NO4. The Balaban J connectivity index is 2.08. The molecule has 0 aromatic carbocycles. The predicted molar refractivity (Wildman–Crippen MR) is 104 cm³/mol. The minimum absolute atomic E-state index is 0.0240. The Kier molecular flexibility index (Phi) is 5.10. The van der Waals surface area contributed by atoms with Crippen LogP contribution in [0.15, 0.2) is 34.6 Å². The van der Waals surface area contributed by atoms with Gasteiger partial charge in [0.15, 0.2) is 0 Å². The Bertz CT molecular complexity index is 760. The lowest BCUT2D eigenvalue weighted by atomic mass is 9.59. The topological polar surface area (TPSA) is 55.8 Å². The second-order valence-corrected chi connectivity index (χ2v) is 8.46. The zero-order chi connectivity index (χ0) is 20.1. The molecule has 0 unspecified atom stereocenters.